The van der Waals surface area contributed by atoms with E-state index in [9.17, 15) is 4.79 Å². The summed E-state index contributed by atoms with van der Waals surface area (Å²) >= 11 is 1.76. The smallest absolute Gasteiger partial charge is 0.220 e. The number of nitrogens with one attached hydrogen (secondary N) is 2. The molecule has 14 heavy (non-hydrogen) atoms. The van der Waals surface area contributed by atoms with Crippen LogP contribution in [0.15, 0.2) is 0 Å². The second-order valence-corrected chi connectivity index (χ2v) is 4.73. The van der Waals surface area contributed by atoms with Gasteiger partial charge in [-0.3, -0.25) is 4.79 Å². The average molecular weight is 216 g/mol. The minimum absolute atomic E-state index is 0.228. The minimum Gasteiger partial charge on any atom is -0.355 e. The highest BCUT2D eigenvalue weighted by Gasteiger charge is 2.15. The summed E-state index contributed by atoms with van der Waals surface area (Å²) < 4.78 is 0. The fraction of sp³-hybridized carbons (Fsp3) is 0.900. The molecule has 1 amide bonds. The molecule has 0 unspecified atom stereocenters. The molecule has 1 aliphatic rings. The summed E-state index contributed by atoms with van der Waals surface area (Å²) in [6.45, 7) is 2.95. The van der Waals surface area contributed by atoms with Gasteiger partial charge in [0.05, 0.1) is 0 Å². The van der Waals surface area contributed by atoms with Crippen molar-refractivity contribution in [3.05, 3.63) is 0 Å². The van der Waals surface area contributed by atoms with Gasteiger partial charge in [0.2, 0.25) is 5.91 Å². The van der Waals surface area contributed by atoms with E-state index >= 15 is 0 Å². The SMILES string of the molecule is CSCCNC(=O)CC1CCNCC1. The number of hydrogen-bond donors (Lipinski definition) is 2. The molecule has 1 rings (SSSR count). The van der Waals surface area contributed by atoms with Crippen molar-refractivity contribution < 1.29 is 4.79 Å². The van der Waals surface area contributed by atoms with Gasteiger partial charge in [0, 0.05) is 18.7 Å². The summed E-state index contributed by atoms with van der Waals surface area (Å²) in [6.07, 6.45) is 5.07. The largest absolute Gasteiger partial charge is 0.355 e. The molecule has 4 heteroatoms. The summed E-state index contributed by atoms with van der Waals surface area (Å²) in [7, 11) is 0. The molecule has 0 aromatic heterocycles. The number of hydrogen-bond acceptors (Lipinski definition) is 3. The minimum atomic E-state index is 0.228. The highest BCUT2D eigenvalue weighted by atomic mass is 32.2. The van der Waals surface area contributed by atoms with E-state index in [1.54, 1.807) is 11.8 Å². The van der Waals surface area contributed by atoms with Gasteiger partial charge < -0.3 is 10.6 Å². The Bertz CT molecular complexity index is 170. The molecule has 0 aliphatic carbocycles. The Morgan fingerprint density at radius 3 is 2.86 bits per heavy atom. The van der Waals surface area contributed by atoms with Gasteiger partial charge >= 0.3 is 0 Å². The fourth-order valence-corrected chi connectivity index (χ4v) is 2.02. The molecule has 0 saturated carbocycles. The van der Waals surface area contributed by atoms with Gasteiger partial charge in [0.1, 0.15) is 0 Å². The molecular weight excluding hydrogens is 196 g/mol. The van der Waals surface area contributed by atoms with Gasteiger partial charge in [-0.2, -0.15) is 11.8 Å². The van der Waals surface area contributed by atoms with E-state index in [0.717, 1.165) is 44.6 Å². The molecule has 0 radical (unpaired) electrons. The predicted molar refractivity (Wildman–Crippen MR) is 61.6 cm³/mol. The maximum atomic E-state index is 11.4. The van der Waals surface area contributed by atoms with Crippen molar-refractivity contribution in [1.29, 1.82) is 0 Å². The zero-order valence-electron chi connectivity index (χ0n) is 8.84. The van der Waals surface area contributed by atoms with Crippen molar-refractivity contribution in [2.75, 3.05) is 31.6 Å². The van der Waals surface area contributed by atoms with E-state index in [1.165, 1.54) is 0 Å². The molecule has 1 heterocycles. The number of carbonyl (C=O) groups is 1. The lowest BCUT2D eigenvalue weighted by molar-refractivity contribution is -0.122. The van der Waals surface area contributed by atoms with Gasteiger partial charge in [-0.25, -0.2) is 0 Å². The zero-order valence-corrected chi connectivity index (χ0v) is 9.66. The Hall–Kier alpha value is -0.220. The van der Waals surface area contributed by atoms with Crippen LogP contribution in [0.25, 0.3) is 0 Å². The molecule has 3 nitrogen and oxygen atoms in total. The van der Waals surface area contributed by atoms with Gasteiger partial charge in [-0.15, -0.1) is 0 Å². The van der Waals surface area contributed by atoms with Crippen molar-refractivity contribution in [3.63, 3.8) is 0 Å². The molecule has 0 aromatic rings. The predicted octanol–water partition coefficient (Wildman–Crippen LogP) is 0.855. The molecule has 1 fully saturated rings. The molecule has 82 valence electrons. The van der Waals surface area contributed by atoms with Crippen molar-refractivity contribution in [2.45, 2.75) is 19.3 Å². The molecule has 2 N–H and O–H groups in total. The van der Waals surface area contributed by atoms with Crippen LogP contribution in [-0.4, -0.2) is 37.6 Å². The number of amides is 1. The molecule has 1 aliphatic heterocycles. The first-order valence-corrected chi connectivity index (χ1v) is 6.68. The Balaban J connectivity index is 2.06. The standard InChI is InChI=1S/C10H20N2OS/c1-14-7-6-12-10(13)8-9-2-4-11-5-3-9/h9,11H,2-8H2,1H3,(H,12,13). The highest BCUT2D eigenvalue weighted by Crippen LogP contribution is 2.15. The lowest BCUT2D eigenvalue weighted by atomic mass is 9.94. The van der Waals surface area contributed by atoms with E-state index in [4.69, 9.17) is 0 Å². The van der Waals surface area contributed by atoms with Crippen LogP contribution in [0.1, 0.15) is 19.3 Å². The summed E-state index contributed by atoms with van der Waals surface area (Å²) in [5.74, 6) is 1.84. The maximum absolute atomic E-state index is 11.4. The third-order valence-corrected chi connectivity index (χ3v) is 3.17. The Morgan fingerprint density at radius 2 is 2.21 bits per heavy atom. The molecule has 0 spiro atoms. The van der Waals surface area contributed by atoms with Crippen LogP contribution < -0.4 is 10.6 Å². The molecule has 1 saturated heterocycles. The molecular formula is C10H20N2OS. The fourth-order valence-electron chi connectivity index (χ4n) is 1.71. The molecule has 0 aromatic carbocycles. The lowest BCUT2D eigenvalue weighted by Crippen LogP contribution is -2.33. The van der Waals surface area contributed by atoms with Crippen LogP contribution in [0.4, 0.5) is 0 Å². The number of piperidine rings is 1. The van der Waals surface area contributed by atoms with Gasteiger partial charge in [-0.1, -0.05) is 0 Å². The van der Waals surface area contributed by atoms with Gasteiger partial charge in [-0.05, 0) is 38.1 Å². The summed E-state index contributed by atoms with van der Waals surface area (Å²) in [5, 5.41) is 6.26. The van der Waals surface area contributed by atoms with E-state index < -0.39 is 0 Å². The van der Waals surface area contributed by atoms with Crippen LogP contribution in [-0.2, 0) is 4.79 Å². The quantitative estimate of drug-likeness (QED) is 0.670. The first-order chi connectivity index (χ1) is 6.83. The van der Waals surface area contributed by atoms with Gasteiger partial charge in [0.25, 0.3) is 0 Å². The van der Waals surface area contributed by atoms with Crippen LogP contribution in [0.5, 0.6) is 0 Å². The van der Waals surface area contributed by atoms with Crippen LogP contribution in [0.3, 0.4) is 0 Å². The first kappa shape index (κ1) is 11.9. The Labute approximate surface area is 90.4 Å². The normalized spacial score (nSPS) is 18.1. The van der Waals surface area contributed by atoms with Crippen molar-refractivity contribution >= 4 is 17.7 Å². The number of thioether (sulfide) groups is 1. The van der Waals surface area contributed by atoms with Gasteiger partial charge in [0.15, 0.2) is 0 Å². The summed E-state index contributed by atoms with van der Waals surface area (Å²) in [4.78, 5) is 11.4. The molecule has 0 bridgehead atoms. The second-order valence-electron chi connectivity index (χ2n) is 3.74. The van der Waals surface area contributed by atoms with E-state index in [0.29, 0.717) is 5.92 Å². The van der Waals surface area contributed by atoms with Crippen LogP contribution in [0, 0.1) is 5.92 Å². The van der Waals surface area contributed by atoms with E-state index in [2.05, 4.69) is 16.9 Å². The monoisotopic (exact) mass is 216 g/mol. The van der Waals surface area contributed by atoms with E-state index in [-0.39, 0.29) is 5.91 Å². The summed E-state index contributed by atoms with van der Waals surface area (Å²) in [5.41, 5.74) is 0. The van der Waals surface area contributed by atoms with Crippen LogP contribution >= 0.6 is 11.8 Å². The lowest BCUT2D eigenvalue weighted by Gasteiger charge is -2.21. The second kappa shape index (κ2) is 7.12. The summed E-state index contributed by atoms with van der Waals surface area (Å²) in [6, 6.07) is 0. The number of carbonyl (C=O) groups excluding carboxylic acids is 1. The van der Waals surface area contributed by atoms with Crippen LogP contribution in [0.2, 0.25) is 0 Å². The van der Waals surface area contributed by atoms with Crippen molar-refractivity contribution in [2.24, 2.45) is 5.92 Å². The van der Waals surface area contributed by atoms with Crippen molar-refractivity contribution in [1.82, 2.24) is 10.6 Å². The third kappa shape index (κ3) is 4.86. The topological polar surface area (TPSA) is 41.1 Å². The third-order valence-electron chi connectivity index (χ3n) is 2.56. The maximum Gasteiger partial charge on any atom is 0.220 e. The Kier molecular flexibility index (Phi) is 6.03. The first-order valence-electron chi connectivity index (χ1n) is 5.29. The average Bonchev–Trinajstić information content (AvgIpc) is 2.20. The Morgan fingerprint density at radius 1 is 1.50 bits per heavy atom. The van der Waals surface area contributed by atoms with E-state index in [1.807, 2.05) is 0 Å². The zero-order chi connectivity index (χ0) is 10.2. The highest BCUT2D eigenvalue weighted by molar-refractivity contribution is 7.98. The number of rotatable bonds is 5. The molecule has 0 atom stereocenters. The van der Waals surface area contributed by atoms with Crippen molar-refractivity contribution in [3.8, 4) is 0 Å².